The van der Waals surface area contributed by atoms with Crippen LogP contribution in [-0.2, 0) is 6.54 Å². The summed E-state index contributed by atoms with van der Waals surface area (Å²) in [7, 11) is 3.42. The number of methoxy groups -OCH3 is 1. The highest BCUT2D eigenvalue weighted by Gasteiger charge is 2.19. The molecule has 1 aromatic carbocycles. The van der Waals surface area contributed by atoms with Crippen LogP contribution in [-0.4, -0.2) is 46.4 Å². The number of hydrogen-bond donors (Lipinski definition) is 1. The Morgan fingerprint density at radius 3 is 2.91 bits per heavy atom. The van der Waals surface area contributed by atoms with E-state index in [0.29, 0.717) is 6.54 Å². The fourth-order valence-corrected chi connectivity index (χ4v) is 2.31. The average Bonchev–Trinajstić information content (AvgIpc) is 3.10. The van der Waals surface area contributed by atoms with Crippen molar-refractivity contribution in [2.75, 3.05) is 20.7 Å². The smallest absolute Gasteiger partial charge is 0.317 e. The SMILES string of the molecule is COc1ccccc1[C@H](C)N(C)C(=O)NCCCn1cncn1. The fourth-order valence-electron chi connectivity index (χ4n) is 2.31. The first-order chi connectivity index (χ1) is 11.1. The van der Waals surface area contributed by atoms with Crippen LogP contribution in [0.25, 0.3) is 0 Å². The van der Waals surface area contributed by atoms with Gasteiger partial charge >= 0.3 is 6.03 Å². The van der Waals surface area contributed by atoms with E-state index in [1.54, 1.807) is 30.1 Å². The van der Waals surface area contributed by atoms with E-state index in [9.17, 15) is 4.79 Å². The lowest BCUT2D eigenvalue weighted by Gasteiger charge is -2.26. The van der Waals surface area contributed by atoms with Crippen molar-refractivity contribution < 1.29 is 9.53 Å². The summed E-state index contributed by atoms with van der Waals surface area (Å²) in [6.07, 6.45) is 3.96. The number of nitrogens with zero attached hydrogens (tertiary/aromatic N) is 4. The molecule has 0 aliphatic heterocycles. The van der Waals surface area contributed by atoms with Crippen LogP contribution in [0.1, 0.15) is 24.9 Å². The number of carbonyl (C=O) groups is 1. The number of hydrogen-bond acceptors (Lipinski definition) is 4. The lowest BCUT2D eigenvalue weighted by atomic mass is 10.1. The van der Waals surface area contributed by atoms with E-state index in [4.69, 9.17) is 4.74 Å². The molecular formula is C16H23N5O2. The summed E-state index contributed by atoms with van der Waals surface area (Å²) in [5, 5.41) is 6.94. The van der Waals surface area contributed by atoms with Gasteiger partial charge in [0.25, 0.3) is 0 Å². The Kier molecular flexibility index (Phi) is 5.96. The summed E-state index contributed by atoms with van der Waals surface area (Å²) in [6.45, 7) is 3.29. The van der Waals surface area contributed by atoms with Crippen molar-refractivity contribution in [2.24, 2.45) is 0 Å². The molecule has 7 nitrogen and oxygen atoms in total. The zero-order chi connectivity index (χ0) is 16.7. The van der Waals surface area contributed by atoms with Crippen LogP contribution in [0.5, 0.6) is 5.75 Å². The van der Waals surface area contributed by atoms with E-state index < -0.39 is 0 Å². The predicted octanol–water partition coefficient (Wildman–Crippen LogP) is 2.08. The normalized spacial score (nSPS) is 11.8. The molecule has 0 spiro atoms. The first kappa shape index (κ1) is 16.8. The second-order valence-electron chi connectivity index (χ2n) is 5.27. The van der Waals surface area contributed by atoms with E-state index in [0.717, 1.165) is 24.3 Å². The zero-order valence-electron chi connectivity index (χ0n) is 13.8. The van der Waals surface area contributed by atoms with E-state index in [-0.39, 0.29) is 12.1 Å². The molecule has 0 saturated heterocycles. The van der Waals surface area contributed by atoms with Gasteiger partial charge in [-0.15, -0.1) is 0 Å². The first-order valence-electron chi connectivity index (χ1n) is 7.59. The van der Waals surface area contributed by atoms with Crippen molar-refractivity contribution in [2.45, 2.75) is 25.9 Å². The maximum Gasteiger partial charge on any atom is 0.317 e. The van der Waals surface area contributed by atoms with Crippen LogP contribution in [0, 0.1) is 0 Å². The highest BCUT2D eigenvalue weighted by molar-refractivity contribution is 5.74. The van der Waals surface area contributed by atoms with Crippen LogP contribution in [0.2, 0.25) is 0 Å². The quantitative estimate of drug-likeness (QED) is 0.794. The minimum Gasteiger partial charge on any atom is -0.496 e. The standard InChI is InChI=1S/C16H23N5O2/c1-13(14-7-4-5-8-15(14)23-3)20(2)16(22)18-9-6-10-21-12-17-11-19-21/h4-5,7-8,11-13H,6,9-10H2,1-3H3,(H,18,22)/t13-/m0/s1. The Hall–Kier alpha value is -2.57. The molecule has 0 aliphatic carbocycles. The number of benzene rings is 1. The van der Waals surface area contributed by atoms with E-state index in [2.05, 4.69) is 15.4 Å². The van der Waals surface area contributed by atoms with Crippen molar-refractivity contribution in [3.8, 4) is 5.75 Å². The molecular weight excluding hydrogens is 294 g/mol. The van der Waals surface area contributed by atoms with E-state index in [1.807, 2.05) is 31.2 Å². The highest BCUT2D eigenvalue weighted by Crippen LogP contribution is 2.27. The van der Waals surface area contributed by atoms with Crippen LogP contribution < -0.4 is 10.1 Å². The number of amides is 2. The first-order valence-corrected chi connectivity index (χ1v) is 7.59. The lowest BCUT2D eigenvalue weighted by Crippen LogP contribution is -2.39. The molecule has 1 atom stereocenters. The molecule has 1 heterocycles. The fraction of sp³-hybridized carbons (Fsp3) is 0.438. The Labute approximate surface area is 136 Å². The maximum atomic E-state index is 12.3. The minimum absolute atomic E-state index is 0.0820. The molecule has 0 bridgehead atoms. The largest absolute Gasteiger partial charge is 0.496 e. The third-order valence-corrected chi connectivity index (χ3v) is 3.80. The summed E-state index contributed by atoms with van der Waals surface area (Å²) in [5.41, 5.74) is 0.982. The molecule has 0 fully saturated rings. The molecule has 124 valence electrons. The molecule has 1 N–H and O–H groups in total. The maximum absolute atomic E-state index is 12.3. The lowest BCUT2D eigenvalue weighted by molar-refractivity contribution is 0.193. The molecule has 7 heteroatoms. The van der Waals surface area contributed by atoms with Crippen molar-refractivity contribution in [3.63, 3.8) is 0 Å². The van der Waals surface area contributed by atoms with Gasteiger partial charge in [0.1, 0.15) is 18.4 Å². The van der Waals surface area contributed by atoms with Gasteiger partial charge in [-0.3, -0.25) is 4.68 Å². The number of ether oxygens (including phenoxy) is 1. The van der Waals surface area contributed by atoms with Gasteiger partial charge in [0.05, 0.1) is 13.2 Å². The van der Waals surface area contributed by atoms with Crippen molar-refractivity contribution in [3.05, 3.63) is 42.5 Å². The second kappa shape index (κ2) is 8.17. The topological polar surface area (TPSA) is 72.3 Å². The number of urea groups is 1. The van der Waals surface area contributed by atoms with Gasteiger partial charge in [-0.2, -0.15) is 5.10 Å². The van der Waals surface area contributed by atoms with Gasteiger partial charge < -0.3 is 15.0 Å². The number of para-hydroxylation sites is 1. The van der Waals surface area contributed by atoms with Crippen LogP contribution in [0.15, 0.2) is 36.9 Å². The molecule has 2 amide bonds. The number of aryl methyl sites for hydroxylation is 1. The van der Waals surface area contributed by atoms with Crippen LogP contribution >= 0.6 is 0 Å². The molecule has 2 aromatic rings. The third kappa shape index (κ3) is 4.45. The van der Waals surface area contributed by atoms with Gasteiger partial charge in [-0.1, -0.05) is 18.2 Å². The molecule has 0 saturated carbocycles. The van der Waals surface area contributed by atoms with Gasteiger partial charge in [-0.25, -0.2) is 9.78 Å². The molecule has 23 heavy (non-hydrogen) atoms. The summed E-state index contributed by atoms with van der Waals surface area (Å²) in [5.74, 6) is 0.783. The monoisotopic (exact) mass is 317 g/mol. The van der Waals surface area contributed by atoms with Crippen molar-refractivity contribution in [1.29, 1.82) is 0 Å². The van der Waals surface area contributed by atoms with Crippen LogP contribution in [0.3, 0.4) is 0 Å². The number of nitrogens with one attached hydrogen (secondary N) is 1. The third-order valence-electron chi connectivity index (χ3n) is 3.80. The zero-order valence-corrected chi connectivity index (χ0v) is 13.8. The Morgan fingerprint density at radius 1 is 1.43 bits per heavy atom. The summed E-state index contributed by atoms with van der Waals surface area (Å²) in [6, 6.07) is 7.54. The molecule has 0 unspecified atom stereocenters. The summed E-state index contributed by atoms with van der Waals surface area (Å²) >= 11 is 0. The van der Waals surface area contributed by atoms with Gasteiger partial charge in [-0.05, 0) is 19.4 Å². The highest BCUT2D eigenvalue weighted by atomic mass is 16.5. The summed E-state index contributed by atoms with van der Waals surface area (Å²) in [4.78, 5) is 17.8. The van der Waals surface area contributed by atoms with Crippen LogP contribution in [0.4, 0.5) is 4.79 Å². The Bertz CT molecular complexity index is 615. The molecule has 0 radical (unpaired) electrons. The number of carbonyl (C=O) groups excluding carboxylic acids is 1. The molecule has 0 aliphatic rings. The molecule has 2 rings (SSSR count). The number of rotatable bonds is 7. The van der Waals surface area contributed by atoms with Crippen molar-refractivity contribution in [1.82, 2.24) is 25.0 Å². The predicted molar refractivity (Wildman–Crippen MR) is 87.2 cm³/mol. The van der Waals surface area contributed by atoms with Gasteiger partial charge in [0, 0.05) is 25.7 Å². The number of aromatic nitrogens is 3. The second-order valence-corrected chi connectivity index (χ2v) is 5.27. The summed E-state index contributed by atoms with van der Waals surface area (Å²) < 4.78 is 7.11. The minimum atomic E-state index is -0.109. The van der Waals surface area contributed by atoms with E-state index >= 15 is 0 Å². The Balaban J connectivity index is 1.83. The molecule has 1 aromatic heterocycles. The van der Waals surface area contributed by atoms with E-state index in [1.165, 1.54) is 6.33 Å². The van der Waals surface area contributed by atoms with Crippen molar-refractivity contribution >= 4 is 6.03 Å². The average molecular weight is 317 g/mol. The van der Waals surface area contributed by atoms with Gasteiger partial charge in [0.15, 0.2) is 0 Å². The van der Waals surface area contributed by atoms with Gasteiger partial charge in [0.2, 0.25) is 0 Å². The Morgan fingerprint density at radius 2 is 2.22 bits per heavy atom.